The van der Waals surface area contributed by atoms with E-state index in [1.54, 1.807) is 96.1 Å². The van der Waals surface area contributed by atoms with Crippen molar-refractivity contribution in [2.45, 2.75) is 215 Å². The summed E-state index contributed by atoms with van der Waals surface area (Å²) in [6.07, 6.45) is 30.1. The Hall–Kier alpha value is -7.26. The molecule has 19 nitrogen and oxygen atoms in total. The molecule has 0 aliphatic rings. The molecule has 4 N–H and O–H groups in total. The molecule has 0 atom stereocenters. The molecule has 0 radical (unpaired) electrons. The molecular weight excluding hydrogens is 1190 g/mol. The fraction of sp³-hybridized carbons (Fsp3) is 0.577. The van der Waals surface area contributed by atoms with Gasteiger partial charge in [-0.2, -0.15) is 36.9 Å². The summed E-state index contributed by atoms with van der Waals surface area (Å²) in [7, 11) is 0. The van der Waals surface area contributed by atoms with E-state index in [2.05, 4.69) is 309 Å². The van der Waals surface area contributed by atoms with Gasteiger partial charge in [0.05, 0.1) is 30.3 Å². The Morgan fingerprint density at radius 2 is 0.783 bits per heavy atom. The zero-order valence-corrected chi connectivity index (χ0v) is 65.1. The number of hydrogen-bond acceptors (Lipinski definition) is 17. The molecule has 0 saturated carbocycles. The smallest absolute Gasteiger partial charge is 0.203 e. The van der Waals surface area contributed by atoms with Crippen molar-refractivity contribution in [3.63, 3.8) is 0 Å². The highest BCUT2D eigenvalue weighted by Crippen LogP contribution is 2.08. The fourth-order valence-corrected chi connectivity index (χ4v) is 2.77. The summed E-state index contributed by atoms with van der Waals surface area (Å²) < 4.78 is 13.2. The van der Waals surface area contributed by atoms with Crippen LogP contribution in [-0.2, 0) is 0 Å². The molecule has 0 aliphatic heterocycles. The Morgan fingerprint density at radius 1 is 0.337 bits per heavy atom. The van der Waals surface area contributed by atoms with Gasteiger partial charge in [-0.05, 0) is 99.8 Å². The van der Waals surface area contributed by atoms with Crippen molar-refractivity contribution < 1.29 is 13.4 Å². The first-order valence-electron chi connectivity index (χ1n) is 31.5. The molecule has 0 aromatic carbocycles. The van der Waals surface area contributed by atoms with E-state index in [-0.39, 0.29) is 0 Å². The van der Waals surface area contributed by atoms with Crippen LogP contribution >= 0.6 is 22.7 Å². The summed E-state index contributed by atoms with van der Waals surface area (Å²) in [6, 6.07) is 13.3. The van der Waals surface area contributed by atoms with Gasteiger partial charge in [-0.25, -0.2) is 19.9 Å². The maximum absolute atomic E-state index is 4.47. The topological polar surface area (TPSA) is 257 Å². The molecule has 10 aromatic heterocycles. The summed E-state index contributed by atoms with van der Waals surface area (Å²) in [5.41, 5.74) is 2.29. The number of thiophene rings is 1. The number of thiazole rings is 1. The van der Waals surface area contributed by atoms with Crippen LogP contribution < -0.4 is 0 Å². The first-order chi connectivity index (χ1) is 43.1. The fourth-order valence-electron chi connectivity index (χ4n) is 1.97. The van der Waals surface area contributed by atoms with Crippen LogP contribution in [0.15, 0.2) is 196 Å². The summed E-state index contributed by atoms with van der Waals surface area (Å²) >= 11 is 3.31. The van der Waals surface area contributed by atoms with Crippen molar-refractivity contribution >= 4 is 22.7 Å². The van der Waals surface area contributed by atoms with Crippen molar-refractivity contribution in [3.8, 4) is 0 Å². The molecule has 0 bridgehead atoms. The van der Waals surface area contributed by atoms with E-state index in [1.165, 1.54) is 50.7 Å². The number of rotatable bonds is 0. The van der Waals surface area contributed by atoms with E-state index in [0.29, 0.717) is 5.41 Å². The van der Waals surface area contributed by atoms with E-state index in [4.69, 9.17) is 0 Å². The maximum Gasteiger partial charge on any atom is 0.203 e. The van der Waals surface area contributed by atoms with Crippen molar-refractivity contribution in [2.24, 2.45) is 58.7 Å². The molecule has 0 fully saturated rings. The molecule has 21 heteroatoms. The third-order valence-corrected chi connectivity index (χ3v) is 4.94. The summed E-state index contributed by atoms with van der Waals surface area (Å²) in [5, 5.41) is 37.5. The molecule has 530 valence electrons. The normalized spacial score (nSPS) is 8.61. The van der Waals surface area contributed by atoms with Gasteiger partial charge in [-0.15, -0.1) is 21.5 Å². The number of aromatic nitrogens is 16. The minimum Gasteiger partial charge on any atom is -0.452 e. The van der Waals surface area contributed by atoms with Crippen LogP contribution in [0.25, 0.3) is 0 Å². The van der Waals surface area contributed by atoms with Gasteiger partial charge < -0.3 is 18.3 Å². The van der Waals surface area contributed by atoms with E-state index in [9.17, 15) is 0 Å². The lowest BCUT2D eigenvalue weighted by atomic mass is 10.0. The number of nitrogens with one attached hydrogen (secondary N) is 4. The zero-order chi connectivity index (χ0) is 72.8. The highest BCUT2D eigenvalue weighted by molar-refractivity contribution is 7.07. The summed E-state index contributed by atoms with van der Waals surface area (Å²) in [6.45, 7) is 67.2. The van der Waals surface area contributed by atoms with Crippen LogP contribution in [0.2, 0.25) is 0 Å². The van der Waals surface area contributed by atoms with Gasteiger partial charge >= 0.3 is 0 Å². The molecular formula is C71H136N16O3S2. The Labute approximate surface area is 570 Å². The van der Waals surface area contributed by atoms with E-state index in [0.717, 1.165) is 53.3 Å². The van der Waals surface area contributed by atoms with Gasteiger partial charge in [0.2, 0.25) is 12.8 Å². The minimum atomic E-state index is 0.500. The average molecular weight is 1330 g/mol. The zero-order valence-electron chi connectivity index (χ0n) is 63.4. The third-order valence-electron chi connectivity index (χ3n) is 3.79. The second kappa shape index (κ2) is 97.3. The quantitative estimate of drug-likeness (QED) is 0.110. The van der Waals surface area contributed by atoms with Gasteiger partial charge in [0.25, 0.3) is 0 Å². The second-order valence-corrected chi connectivity index (χ2v) is 27.4. The Balaban J connectivity index is -0.0000000963. The van der Waals surface area contributed by atoms with Crippen LogP contribution in [0.4, 0.5) is 0 Å². The predicted octanol–water partition coefficient (Wildman–Crippen LogP) is 22.8. The monoisotopic (exact) mass is 1330 g/mol. The molecule has 10 aromatic rings. The third kappa shape index (κ3) is 289. The molecule has 92 heavy (non-hydrogen) atoms. The average Bonchev–Trinajstić information content (AvgIpc) is 4.32. The predicted molar refractivity (Wildman–Crippen MR) is 398 cm³/mol. The van der Waals surface area contributed by atoms with Crippen LogP contribution in [0.5, 0.6) is 0 Å². The van der Waals surface area contributed by atoms with E-state index in [1.807, 2.05) is 58.9 Å². The van der Waals surface area contributed by atoms with E-state index >= 15 is 0 Å². The molecule has 10 rings (SSSR count). The molecule has 10 heterocycles. The van der Waals surface area contributed by atoms with Gasteiger partial charge in [0.15, 0.2) is 6.39 Å². The van der Waals surface area contributed by atoms with Crippen LogP contribution in [0, 0.1) is 58.7 Å². The van der Waals surface area contributed by atoms with Crippen molar-refractivity contribution in [2.75, 3.05) is 0 Å². The van der Waals surface area contributed by atoms with E-state index < -0.39 is 0 Å². The lowest BCUT2D eigenvalue weighted by Gasteiger charge is -2.05. The summed E-state index contributed by atoms with van der Waals surface area (Å²) in [4.78, 5) is 21.1. The SMILES string of the molecule is CC(C)(C)C.CC(C)C.CC(C)C.CC(C)C.CC(C)C.CC(C)C.CC(C)C.CC(C)C.CC(C)C.CC(C)C.c1cc[nH]c1.c1ccsc1.c1cn[nH]c1.c1cn[nH]n1.c1cncnc1.c1cnoc1.c1cocn1.c1cscn1.c1nc[nH]n1.c1nnco1. The first kappa shape index (κ1) is 106. The number of oxazole rings is 1. The second-order valence-electron chi connectivity index (χ2n) is 25.9. The molecule has 0 saturated heterocycles. The van der Waals surface area contributed by atoms with Crippen molar-refractivity contribution in [1.29, 1.82) is 0 Å². The largest absolute Gasteiger partial charge is 0.452 e. The van der Waals surface area contributed by atoms with Gasteiger partial charge in [0.1, 0.15) is 31.5 Å². The number of nitrogens with zero attached hydrogens (tertiary/aromatic N) is 12. The molecule has 0 spiro atoms. The van der Waals surface area contributed by atoms with Crippen molar-refractivity contribution in [1.82, 2.24) is 81.1 Å². The molecule has 0 aliphatic carbocycles. The Bertz CT molecular complexity index is 1620. The Kier molecular flexibility index (Phi) is 113. The molecule has 0 unspecified atom stereocenters. The maximum atomic E-state index is 4.47. The minimum absolute atomic E-state index is 0.500. The standard InChI is InChI=1S/C5H12.C4H4N2.C4H5N.C4H4S.9C4H10.C3H4N2.2C3H3NO.C3H3NS.2C2H3N3.C2H2N2O/c1-5(2,3)4;1-2-5-4-6-3-1;2*1-2-4-5-3-1;9*1-4(2)3;1-2-4-5-3-1;1-2-5-3-4-1;1-2-4-5-3-1;1-2-5-3-4-1;1-3-2-5-4-1;1-2-4-5-3-1;1-3-4-2-5-1/h1-4H3;1-4H;1-5H;1-4H;9*4H,1-3H3;1-3H,(H,4,5);3*1-3H;2*1-2H,(H,3,4,5);1-2H. The highest BCUT2D eigenvalue weighted by Gasteiger charge is 1.95. The van der Waals surface area contributed by atoms with Gasteiger partial charge in [-0.1, -0.05) is 232 Å². The number of H-pyrrole nitrogens is 4. The Morgan fingerprint density at radius 3 is 0.891 bits per heavy atom. The van der Waals surface area contributed by atoms with Crippen LogP contribution in [0.3, 0.4) is 0 Å². The lowest BCUT2D eigenvalue weighted by Crippen LogP contribution is -1.93. The van der Waals surface area contributed by atoms with Crippen LogP contribution in [-0.4, -0.2) is 81.1 Å². The van der Waals surface area contributed by atoms with Gasteiger partial charge in [0, 0.05) is 48.8 Å². The lowest BCUT2D eigenvalue weighted by molar-refractivity contribution is 0.420. The van der Waals surface area contributed by atoms with Gasteiger partial charge in [-0.3, -0.25) is 15.2 Å². The molecule has 0 amide bonds. The van der Waals surface area contributed by atoms with Crippen molar-refractivity contribution in [3.05, 3.63) is 183 Å². The summed E-state index contributed by atoms with van der Waals surface area (Å²) in [5.74, 6) is 7.50. The number of hydrogen-bond donors (Lipinski definition) is 4. The number of aromatic amines is 4. The highest BCUT2D eigenvalue weighted by atomic mass is 32.1. The van der Waals surface area contributed by atoms with Crippen LogP contribution in [0.1, 0.15) is 215 Å². The first-order valence-corrected chi connectivity index (χ1v) is 33.4.